The Kier molecular flexibility index (Phi) is 5.83. The van der Waals surface area contributed by atoms with Gasteiger partial charge in [-0.2, -0.15) is 4.57 Å². The lowest BCUT2D eigenvalue weighted by atomic mass is 10.3. The van der Waals surface area contributed by atoms with Crippen LogP contribution in [0.5, 0.6) is 0 Å². The van der Waals surface area contributed by atoms with Gasteiger partial charge in [0.2, 0.25) is 12.5 Å². The lowest BCUT2D eigenvalue weighted by molar-refractivity contribution is -0.684. The van der Waals surface area contributed by atoms with E-state index in [9.17, 15) is 14.0 Å². The number of aromatic nitrogens is 1. The van der Waals surface area contributed by atoms with E-state index >= 15 is 0 Å². The van der Waals surface area contributed by atoms with Crippen molar-refractivity contribution in [1.29, 1.82) is 0 Å². The Morgan fingerprint density at radius 3 is 2.25 bits per heavy atom. The van der Waals surface area contributed by atoms with Crippen molar-refractivity contribution in [3.63, 3.8) is 0 Å². The maximum atomic E-state index is 12.8. The molecule has 1 heterocycles. The van der Waals surface area contributed by atoms with E-state index in [1.165, 1.54) is 24.3 Å². The monoisotopic (exact) mass is 331 g/mol. The highest BCUT2D eigenvalue weighted by atomic mass is 19.1. The first-order valence-corrected chi connectivity index (χ1v) is 7.42. The summed E-state index contributed by atoms with van der Waals surface area (Å²) in [4.78, 5) is 25.6. The highest BCUT2D eigenvalue weighted by molar-refractivity contribution is 5.94. The summed E-state index contributed by atoms with van der Waals surface area (Å²) < 4.78 is 14.5. The van der Waals surface area contributed by atoms with Crippen LogP contribution in [-0.2, 0) is 16.1 Å². The van der Waals surface area contributed by atoms with Crippen LogP contribution in [-0.4, -0.2) is 32.5 Å². The summed E-state index contributed by atoms with van der Waals surface area (Å²) in [5.74, 6) is -1.02. The van der Waals surface area contributed by atoms with Crippen LogP contribution in [0.2, 0.25) is 0 Å². The lowest BCUT2D eigenvalue weighted by Crippen LogP contribution is -2.44. The van der Waals surface area contributed by atoms with E-state index < -0.39 is 0 Å². The molecule has 0 radical (unpaired) electrons. The largest absolute Gasteiger partial charge is 0.377 e. The predicted molar refractivity (Wildman–Crippen MR) is 89.0 cm³/mol. The molecule has 0 fully saturated rings. The number of hydrogen-bond acceptors (Lipinski definition) is 3. The molecule has 0 spiro atoms. The smallest absolute Gasteiger partial charge is 0.286 e. The fourth-order valence-corrected chi connectivity index (χ4v) is 1.99. The van der Waals surface area contributed by atoms with Gasteiger partial charge in [-0.1, -0.05) is 0 Å². The van der Waals surface area contributed by atoms with E-state index in [4.69, 9.17) is 0 Å². The van der Waals surface area contributed by atoms with Crippen LogP contribution in [0.15, 0.2) is 48.8 Å². The van der Waals surface area contributed by atoms with Crippen molar-refractivity contribution in [1.82, 2.24) is 5.32 Å². The molecule has 126 valence electrons. The van der Waals surface area contributed by atoms with Gasteiger partial charge in [0, 0.05) is 37.6 Å². The summed E-state index contributed by atoms with van der Waals surface area (Å²) in [5, 5.41) is 5.12. The number of nitrogens with one attached hydrogen (secondary N) is 2. The number of anilines is 2. The van der Waals surface area contributed by atoms with Gasteiger partial charge in [-0.05, 0) is 24.3 Å². The Bertz CT molecular complexity index is 700. The SMILES string of the molecule is CN(C)c1cc[n+](CC(=O)NCC(=O)Nc2ccc(F)cc2)cc1. The molecule has 6 nitrogen and oxygen atoms in total. The molecule has 0 saturated heterocycles. The molecule has 7 heteroatoms. The number of hydrogen-bond donors (Lipinski definition) is 2. The van der Waals surface area contributed by atoms with Gasteiger partial charge in [0.1, 0.15) is 5.82 Å². The van der Waals surface area contributed by atoms with Crippen LogP contribution in [0.4, 0.5) is 15.8 Å². The van der Waals surface area contributed by atoms with Crippen molar-refractivity contribution in [3.05, 3.63) is 54.6 Å². The Balaban J connectivity index is 1.77. The van der Waals surface area contributed by atoms with Crippen LogP contribution in [0.3, 0.4) is 0 Å². The molecule has 2 aromatic rings. The van der Waals surface area contributed by atoms with E-state index in [-0.39, 0.29) is 30.7 Å². The predicted octanol–water partition coefficient (Wildman–Crippen LogP) is 0.934. The van der Waals surface area contributed by atoms with Gasteiger partial charge in [-0.15, -0.1) is 0 Å². The van der Waals surface area contributed by atoms with E-state index in [1.807, 2.05) is 31.1 Å². The fourth-order valence-electron chi connectivity index (χ4n) is 1.99. The van der Waals surface area contributed by atoms with Crippen molar-refractivity contribution in [2.24, 2.45) is 0 Å². The van der Waals surface area contributed by atoms with Crippen LogP contribution in [0.1, 0.15) is 0 Å². The van der Waals surface area contributed by atoms with Crippen molar-refractivity contribution < 1.29 is 18.5 Å². The molecule has 24 heavy (non-hydrogen) atoms. The zero-order chi connectivity index (χ0) is 17.5. The minimum atomic E-state index is -0.376. The van der Waals surface area contributed by atoms with Crippen LogP contribution in [0.25, 0.3) is 0 Å². The molecule has 0 aliphatic heterocycles. The number of benzene rings is 1. The van der Waals surface area contributed by atoms with Crippen LogP contribution < -0.4 is 20.1 Å². The first kappa shape index (κ1) is 17.4. The summed E-state index contributed by atoms with van der Waals surface area (Å²) in [5.41, 5.74) is 1.51. The van der Waals surface area contributed by atoms with Gasteiger partial charge in [0.15, 0.2) is 12.4 Å². The Morgan fingerprint density at radius 2 is 1.67 bits per heavy atom. The second-order valence-corrected chi connectivity index (χ2v) is 5.45. The lowest BCUT2D eigenvalue weighted by Gasteiger charge is -2.10. The molecule has 0 unspecified atom stereocenters. The van der Waals surface area contributed by atoms with Crippen molar-refractivity contribution in [2.75, 3.05) is 30.9 Å². The first-order valence-electron chi connectivity index (χ1n) is 7.42. The average molecular weight is 331 g/mol. The molecule has 0 aliphatic carbocycles. The van der Waals surface area contributed by atoms with Gasteiger partial charge in [-0.3, -0.25) is 9.59 Å². The van der Waals surface area contributed by atoms with Crippen molar-refractivity contribution >= 4 is 23.2 Å². The third-order valence-corrected chi connectivity index (χ3v) is 3.29. The summed E-state index contributed by atoms with van der Waals surface area (Å²) in [6.45, 7) is -0.0237. The summed E-state index contributed by atoms with van der Waals surface area (Å²) >= 11 is 0. The third-order valence-electron chi connectivity index (χ3n) is 3.29. The van der Waals surface area contributed by atoms with Crippen molar-refractivity contribution in [2.45, 2.75) is 6.54 Å². The average Bonchev–Trinajstić information content (AvgIpc) is 2.55. The first-order chi connectivity index (χ1) is 11.4. The summed E-state index contributed by atoms with van der Waals surface area (Å²) in [6, 6.07) is 9.21. The van der Waals surface area contributed by atoms with Gasteiger partial charge in [0.25, 0.3) is 5.91 Å². The zero-order valence-corrected chi connectivity index (χ0v) is 13.6. The number of rotatable bonds is 6. The highest BCUT2D eigenvalue weighted by Gasteiger charge is 2.11. The standard InChI is InChI=1S/C17H19FN4O2/c1-21(2)15-7-9-22(10-8-15)12-17(24)19-11-16(23)20-14-5-3-13(18)4-6-14/h3-10H,11-12H2,1-2H3,(H-,19,20,23,24)/p+1. The van der Waals surface area contributed by atoms with Gasteiger partial charge in [0.05, 0.1) is 6.54 Å². The fraction of sp³-hybridized carbons (Fsp3) is 0.235. The normalized spacial score (nSPS) is 10.1. The van der Waals surface area contributed by atoms with Crippen LogP contribution >= 0.6 is 0 Å². The van der Waals surface area contributed by atoms with Gasteiger partial charge >= 0.3 is 0 Å². The molecular weight excluding hydrogens is 311 g/mol. The topological polar surface area (TPSA) is 65.3 Å². The second-order valence-electron chi connectivity index (χ2n) is 5.45. The maximum absolute atomic E-state index is 12.8. The van der Waals surface area contributed by atoms with Crippen LogP contribution in [0, 0.1) is 5.82 Å². The minimum Gasteiger partial charge on any atom is -0.377 e. The van der Waals surface area contributed by atoms with E-state index in [0.717, 1.165) is 5.69 Å². The molecule has 2 amide bonds. The number of amides is 2. The zero-order valence-electron chi connectivity index (χ0n) is 13.6. The molecular formula is C17H20FN4O2+. The Morgan fingerprint density at radius 1 is 1.04 bits per heavy atom. The van der Waals surface area contributed by atoms with Crippen molar-refractivity contribution in [3.8, 4) is 0 Å². The van der Waals surface area contributed by atoms with Gasteiger partial charge in [-0.25, -0.2) is 4.39 Å². The third kappa shape index (κ3) is 5.35. The number of carbonyl (C=O) groups is 2. The maximum Gasteiger partial charge on any atom is 0.286 e. The summed E-state index contributed by atoms with van der Waals surface area (Å²) in [7, 11) is 3.87. The number of nitrogens with zero attached hydrogens (tertiary/aromatic N) is 2. The molecule has 1 aromatic heterocycles. The number of pyridine rings is 1. The Labute approximate surface area is 139 Å². The van der Waals surface area contributed by atoms with E-state index in [0.29, 0.717) is 5.69 Å². The molecule has 2 rings (SSSR count). The summed E-state index contributed by atoms with van der Waals surface area (Å²) in [6.07, 6.45) is 3.60. The molecule has 0 atom stereocenters. The van der Waals surface area contributed by atoms with E-state index in [2.05, 4.69) is 10.6 Å². The van der Waals surface area contributed by atoms with E-state index in [1.54, 1.807) is 17.0 Å². The van der Waals surface area contributed by atoms with Gasteiger partial charge < -0.3 is 15.5 Å². The molecule has 0 bridgehead atoms. The highest BCUT2D eigenvalue weighted by Crippen LogP contribution is 2.07. The molecule has 0 aliphatic rings. The second kappa shape index (κ2) is 8.05. The molecule has 0 saturated carbocycles. The quantitative estimate of drug-likeness (QED) is 0.774. The number of halogens is 1. The molecule has 1 aromatic carbocycles. The number of carbonyl (C=O) groups excluding carboxylic acids is 2. The Hall–Kier alpha value is -2.96. The molecule has 2 N–H and O–H groups in total. The minimum absolute atomic E-state index is 0.123.